The summed E-state index contributed by atoms with van der Waals surface area (Å²) in [5.41, 5.74) is 2.48. The molecule has 0 amide bonds. The molecule has 0 spiro atoms. The van der Waals surface area contributed by atoms with E-state index in [2.05, 4.69) is 18.8 Å². The first kappa shape index (κ1) is 28.1. The zero-order valence-corrected chi connectivity index (χ0v) is 23.6. The number of benzene rings is 2. The standard InChI is InChI=1S/C33H37F2NO4/c1-32(2)12-6-9-27(32)25-13-20(28(34)15-24(25)26-16-30(39-4)36-18-29(26)35)19-40-23-8-5-7-22(14-23)33(3,17-31(37)38)21-10-11-21/h5,7-8,13-16,18,21,27H,6,9-12,17,19H2,1-4H3,(H,37,38)/t27-,33+/m1/s1. The van der Waals surface area contributed by atoms with Crippen LogP contribution >= 0.6 is 0 Å². The van der Waals surface area contributed by atoms with Gasteiger partial charge in [0.15, 0.2) is 0 Å². The van der Waals surface area contributed by atoms with Crippen LogP contribution in [-0.4, -0.2) is 23.2 Å². The summed E-state index contributed by atoms with van der Waals surface area (Å²) in [6.45, 7) is 6.41. The Labute approximate surface area is 234 Å². The Bertz CT molecular complexity index is 1420. The third-order valence-corrected chi connectivity index (χ3v) is 9.07. The second-order valence-electron chi connectivity index (χ2n) is 12.2. The second kappa shape index (κ2) is 10.8. The minimum atomic E-state index is -0.825. The summed E-state index contributed by atoms with van der Waals surface area (Å²) in [5, 5.41) is 9.54. The van der Waals surface area contributed by atoms with Gasteiger partial charge in [-0.25, -0.2) is 13.8 Å². The van der Waals surface area contributed by atoms with E-state index in [0.717, 1.165) is 49.4 Å². The van der Waals surface area contributed by atoms with Crippen LogP contribution in [0.15, 0.2) is 48.7 Å². The minimum Gasteiger partial charge on any atom is -0.489 e. The van der Waals surface area contributed by atoms with Crippen molar-refractivity contribution in [1.29, 1.82) is 0 Å². The summed E-state index contributed by atoms with van der Waals surface area (Å²) in [6.07, 6.45) is 6.19. The van der Waals surface area contributed by atoms with Crippen molar-refractivity contribution in [2.24, 2.45) is 11.3 Å². The molecule has 5 rings (SSSR count). The molecular weight excluding hydrogens is 512 g/mol. The molecule has 0 saturated heterocycles. The van der Waals surface area contributed by atoms with E-state index in [1.165, 1.54) is 19.2 Å². The molecule has 3 aromatic rings. The fraction of sp³-hybridized carbons (Fsp3) is 0.455. The average molecular weight is 550 g/mol. The fourth-order valence-corrected chi connectivity index (χ4v) is 6.53. The van der Waals surface area contributed by atoms with Gasteiger partial charge in [0.05, 0.1) is 19.7 Å². The maximum atomic E-state index is 15.6. The van der Waals surface area contributed by atoms with Crippen molar-refractivity contribution in [2.45, 2.75) is 77.2 Å². The van der Waals surface area contributed by atoms with E-state index < -0.39 is 23.0 Å². The highest BCUT2D eigenvalue weighted by Crippen LogP contribution is 2.52. The summed E-state index contributed by atoms with van der Waals surface area (Å²) in [4.78, 5) is 15.6. The average Bonchev–Trinajstić information content (AvgIpc) is 3.71. The molecular formula is C33H37F2NO4. The van der Waals surface area contributed by atoms with E-state index in [9.17, 15) is 9.90 Å². The number of carboxylic acid groups (broad SMARTS) is 1. The van der Waals surface area contributed by atoms with Crippen molar-refractivity contribution < 1.29 is 28.2 Å². The van der Waals surface area contributed by atoms with E-state index in [1.807, 2.05) is 37.3 Å². The topological polar surface area (TPSA) is 68.7 Å². The predicted molar refractivity (Wildman–Crippen MR) is 150 cm³/mol. The van der Waals surface area contributed by atoms with Crippen molar-refractivity contribution in [3.05, 3.63) is 77.0 Å². The highest BCUT2D eigenvalue weighted by atomic mass is 19.1. The molecule has 1 heterocycles. The summed E-state index contributed by atoms with van der Waals surface area (Å²) >= 11 is 0. The third kappa shape index (κ3) is 5.56. The Morgan fingerprint density at radius 2 is 1.88 bits per heavy atom. The zero-order chi connectivity index (χ0) is 28.7. The Kier molecular flexibility index (Phi) is 7.60. The molecule has 1 aromatic heterocycles. The van der Waals surface area contributed by atoms with Gasteiger partial charge in [0.2, 0.25) is 5.88 Å². The summed E-state index contributed by atoms with van der Waals surface area (Å²) < 4.78 is 42.0. The largest absolute Gasteiger partial charge is 0.489 e. The number of rotatable bonds is 10. The van der Waals surface area contributed by atoms with Gasteiger partial charge in [-0.15, -0.1) is 0 Å². The van der Waals surface area contributed by atoms with Crippen LogP contribution < -0.4 is 9.47 Å². The van der Waals surface area contributed by atoms with E-state index in [0.29, 0.717) is 22.8 Å². The molecule has 1 N–H and O–H groups in total. The maximum absolute atomic E-state index is 15.6. The lowest BCUT2D eigenvalue weighted by atomic mass is 9.75. The summed E-state index contributed by atoms with van der Waals surface area (Å²) in [7, 11) is 1.47. The van der Waals surface area contributed by atoms with Gasteiger partial charge in [0.1, 0.15) is 24.0 Å². The quantitative estimate of drug-likeness (QED) is 0.277. The van der Waals surface area contributed by atoms with Gasteiger partial charge < -0.3 is 14.6 Å². The number of aromatic nitrogens is 1. The number of methoxy groups -OCH3 is 1. The van der Waals surface area contributed by atoms with Crippen LogP contribution in [0.2, 0.25) is 0 Å². The first-order valence-electron chi connectivity index (χ1n) is 14.0. The van der Waals surface area contributed by atoms with E-state index in [-0.39, 0.29) is 35.8 Å². The summed E-state index contributed by atoms with van der Waals surface area (Å²) in [5.74, 6) is -0.554. The number of aliphatic carboxylic acids is 1. The van der Waals surface area contributed by atoms with Crippen molar-refractivity contribution in [2.75, 3.05) is 7.11 Å². The second-order valence-corrected chi connectivity index (χ2v) is 12.2. The number of nitrogens with zero attached hydrogens (tertiary/aromatic N) is 1. The number of carbonyl (C=O) groups is 1. The monoisotopic (exact) mass is 549 g/mol. The maximum Gasteiger partial charge on any atom is 0.304 e. The number of hydrogen-bond donors (Lipinski definition) is 1. The molecule has 2 atom stereocenters. The smallest absolute Gasteiger partial charge is 0.304 e. The van der Waals surface area contributed by atoms with Crippen LogP contribution in [0.5, 0.6) is 11.6 Å². The highest BCUT2D eigenvalue weighted by molar-refractivity contribution is 5.71. The molecule has 7 heteroatoms. The normalized spacial score (nSPS) is 19.7. The van der Waals surface area contributed by atoms with Crippen LogP contribution in [0.1, 0.15) is 81.9 Å². The number of hydrogen-bond acceptors (Lipinski definition) is 4. The molecule has 2 fully saturated rings. The van der Waals surface area contributed by atoms with Crippen molar-refractivity contribution in [3.63, 3.8) is 0 Å². The first-order chi connectivity index (χ1) is 19.0. The number of pyridine rings is 1. The van der Waals surface area contributed by atoms with Gasteiger partial charge in [0, 0.05) is 22.6 Å². The van der Waals surface area contributed by atoms with Gasteiger partial charge in [0.25, 0.3) is 0 Å². The van der Waals surface area contributed by atoms with Crippen molar-refractivity contribution in [3.8, 4) is 22.8 Å². The first-order valence-corrected chi connectivity index (χ1v) is 14.0. The van der Waals surface area contributed by atoms with Gasteiger partial charge in [-0.05, 0) is 83.9 Å². The molecule has 0 aliphatic heterocycles. The van der Waals surface area contributed by atoms with E-state index >= 15 is 8.78 Å². The molecule has 0 unspecified atom stereocenters. The van der Waals surface area contributed by atoms with Gasteiger partial charge in [-0.3, -0.25) is 4.79 Å². The van der Waals surface area contributed by atoms with Crippen molar-refractivity contribution >= 4 is 5.97 Å². The van der Waals surface area contributed by atoms with Gasteiger partial charge in [-0.2, -0.15) is 0 Å². The zero-order valence-electron chi connectivity index (χ0n) is 23.6. The lowest BCUT2D eigenvalue weighted by molar-refractivity contribution is -0.138. The van der Waals surface area contributed by atoms with Crippen LogP contribution in [0.25, 0.3) is 11.1 Å². The molecule has 2 aliphatic carbocycles. The number of ether oxygens (including phenoxy) is 2. The molecule has 2 aromatic carbocycles. The minimum absolute atomic E-state index is 0.00304. The van der Waals surface area contributed by atoms with Crippen LogP contribution in [0.4, 0.5) is 8.78 Å². The Hall–Kier alpha value is -3.48. The van der Waals surface area contributed by atoms with Crippen LogP contribution in [0, 0.1) is 23.0 Å². The molecule has 0 bridgehead atoms. The van der Waals surface area contributed by atoms with Crippen LogP contribution in [-0.2, 0) is 16.8 Å². The SMILES string of the molecule is COc1cc(-c2cc(F)c(COc3cccc([C@@](C)(CC(=O)O)C4CC4)c3)cc2[C@H]2CCCC2(C)C)c(F)cn1. The van der Waals surface area contributed by atoms with Crippen LogP contribution in [0.3, 0.4) is 0 Å². The molecule has 40 heavy (non-hydrogen) atoms. The highest BCUT2D eigenvalue weighted by Gasteiger charge is 2.44. The fourth-order valence-electron chi connectivity index (χ4n) is 6.53. The molecule has 0 radical (unpaired) electrons. The third-order valence-electron chi connectivity index (χ3n) is 9.07. The van der Waals surface area contributed by atoms with E-state index in [4.69, 9.17) is 9.47 Å². The lowest BCUT2D eigenvalue weighted by Crippen LogP contribution is -2.28. The Morgan fingerprint density at radius 3 is 2.52 bits per heavy atom. The Balaban J connectivity index is 1.48. The number of halogens is 2. The lowest BCUT2D eigenvalue weighted by Gasteiger charge is -2.30. The summed E-state index contributed by atoms with van der Waals surface area (Å²) in [6, 6.07) is 12.3. The Morgan fingerprint density at radius 1 is 1.10 bits per heavy atom. The molecule has 2 aliphatic rings. The molecule has 2 saturated carbocycles. The predicted octanol–water partition coefficient (Wildman–Crippen LogP) is 8.05. The van der Waals surface area contributed by atoms with Gasteiger partial charge in [-0.1, -0.05) is 39.3 Å². The number of carboxylic acids is 1. The van der Waals surface area contributed by atoms with Gasteiger partial charge >= 0.3 is 5.97 Å². The van der Waals surface area contributed by atoms with Crippen molar-refractivity contribution in [1.82, 2.24) is 4.98 Å². The van der Waals surface area contributed by atoms with E-state index in [1.54, 1.807) is 0 Å². The molecule has 212 valence electrons. The molecule has 5 nitrogen and oxygen atoms in total.